The van der Waals surface area contributed by atoms with E-state index in [1.165, 1.54) is 12.1 Å². The van der Waals surface area contributed by atoms with Gasteiger partial charge in [0.1, 0.15) is 0 Å². The fraction of sp³-hybridized carbons (Fsp3) is 0. The van der Waals surface area contributed by atoms with Crippen molar-refractivity contribution in [3.05, 3.63) is 70.0 Å². The average molecular weight is 358 g/mol. The predicted molar refractivity (Wildman–Crippen MR) is 81.6 cm³/mol. The first-order valence-electron chi connectivity index (χ1n) is 5.42. The van der Waals surface area contributed by atoms with Crippen LogP contribution < -0.4 is 0 Å². The smallest absolute Gasteiger partial charge is 0.201 e. The summed E-state index contributed by atoms with van der Waals surface area (Å²) in [6.45, 7) is 0. The molecule has 98 valence electrons. The standard InChI is InChI=1S/C14H10BrClO2S/c15-12-8-6-11(7-9-12)14(16)10-19(17,18)13-4-2-1-3-5-13/h1-10H/b14-10+. The van der Waals surface area contributed by atoms with Gasteiger partial charge in [0, 0.05) is 4.47 Å². The number of hydrogen-bond acceptors (Lipinski definition) is 2. The van der Waals surface area contributed by atoms with E-state index in [2.05, 4.69) is 15.9 Å². The highest BCUT2D eigenvalue weighted by atomic mass is 79.9. The van der Waals surface area contributed by atoms with Gasteiger partial charge in [-0.15, -0.1) is 0 Å². The molecule has 0 fully saturated rings. The molecule has 2 nitrogen and oxygen atoms in total. The van der Waals surface area contributed by atoms with Crippen molar-refractivity contribution in [1.29, 1.82) is 0 Å². The zero-order valence-corrected chi connectivity index (χ0v) is 12.9. The van der Waals surface area contributed by atoms with Crippen LogP contribution in [-0.4, -0.2) is 8.42 Å². The van der Waals surface area contributed by atoms with E-state index in [9.17, 15) is 8.42 Å². The van der Waals surface area contributed by atoms with Crippen LogP contribution in [0.5, 0.6) is 0 Å². The van der Waals surface area contributed by atoms with Gasteiger partial charge in [-0.25, -0.2) is 8.42 Å². The van der Waals surface area contributed by atoms with Crippen molar-refractivity contribution in [3.8, 4) is 0 Å². The normalized spacial score (nSPS) is 12.4. The largest absolute Gasteiger partial charge is 0.219 e. The maximum atomic E-state index is 12.1. The quantitative estimate of drug-likeness (QED) is 0.812. The Kier molecular flexibility index (Phi) is 4.45. The number of benzene rings is 2. The highest BCUT2D eigenvalue weighted by molar-refractivity contribution is 9.10. The summed E-state index contributed by atoms with van der Waals surface area (Å²) in [5.74, 6) is 0. The zero-order valence-electron chi connectivity index (χ0n) is 9.75. The lowest BCUT2D eigenvalue weighted by atomic mass is 10.2. The maximum Gasteiger partial charge on any atom is 0.201 e. The van der Waals surface area contributed by atoms with Gasteiger partial charge in [-0.3, -0.25) is 0 Å². The third kappa shape index (κ3) is 3.69. The van der Waals surface area contributed by atoms with Gasteiger partial charge in [0.15, 0.2) is 0 Å². The molecule has 0 aliphatic rings. The molecule has 0 N–H and O–H groups in total. The Hall–Kier alpha value is -1.10. The Bertz CT molecular complexity index is 692. The van der Waals surface area contributed by atoms with Crippen LogP contribution in [0.2, 0.25) is 0 Å². The van der Waals surface area contributed by atoms with Gasteiger partial charge in [0.25, 0.3) is 0 Å². The highest BCUT2D eigenvalue weighted by Crippen LogP contribution is 2.24. The summed E-state index contributed by atoms with van der Waals surface area (Å²) >= 11 is 9.37. The molecule has 0 aliphatic carbocycles. The minimum atomic E-state index is -3.52. The predicted octanol–water partition coefficient (Wildman–Crippen LogP) is 4.46. The number of rotatable bonds is 3. The van der Waals surface area contributed by atoms with Crippen molar-refractivity contribution in [3.63, 3.8) is 0 Å². The van der Waals surface area contributed by atoms with E-state index in [4.69, 9.17) is 11.6 Å². The fourth-order valence-electron chi connectivity index (χ4n) is 1.49. The third-order valence-electron chi connectivity index (χ3n) is 2.45. The topological polar surface area (TPSA) is 34.1 Å². The van der Waals surface area contributed by atoms with E-state index in [-0.39, 0.29) is 9.93 Å². The van der Waals surface area contributed by atoms with E-state index in [0.29, 0.717) is 5.56 Å². The first-order valence-corrected chi connectivity index (χ1v) is 8.14. The van der Waals surface area contributed by atoms with Crippen LogP contribution in [0.25, 0.3) is 5.03 Å². The first kappa shape index (κ1) is 14.3. The van der Waals surface area contributed by atoms with Crippen molar-refractivity contribution in [1.82, 2.24) is 0 Å². The number of sulfone groups is 1. The zero-order chi connectivity index (χ0) is 13.9. The molecule has 0 radical (unpaired) electrons. The summed E-state index contributed by atoms with van der Waals surface area (Å²) in [4.78, 5) is 0.227. The van der Waals surface area contributed by atoms with Gasteiger partial charge >= 0.3 is 0 Å². The Labute approximate surface area is 125 Å². The third-order valence-corrected chi connectivity index (χ3v) is 4.91. The molecule has 0 bridgehead atoms. The van der Waals surface area contributed by atoms with Gasteiger partial charge < -0.3 is 0 Å². The Morgan fingerprint density at radius 3 is 2.16 bits per heavy atom. The molecule has 0 atom stereocenters. The van der Waals surface area contributed by atoms with Crippen LogP contribution in [0.15, 0.2) is 69.4 Å². The summed E-state index contributed by atoms with van der Waals surface area (Å²) in [6.07, 6.45) is 0. The Morgan fingerprint density at radius 1 is 1.00 bits per heavy atom. The van der Waals surface area contributed by atoms with Crippen molar-refractivity contribution in [2.24, 2.45) is 0 Å². The van der Waals surface area contributed by atoms with E-state index in [1.54, 1.807) is 42.5 Å². The monoisotopic (exact) mass is 356 g/mol. The summed E-state index contributed by atoms with van der Waals surface area (Å²) in [5.41, 5.74) is 0.657. The maximum absolute atomic E-state index is 12.1. The fourth-order valence-corrected chi connectivity index (χ4v) is 3.31. The van der Waals surface area contributed by atoms with Crippen LogP contribution in [0.3, 0.4) is 0 Å². The number of hydrogen-bond donors (Lipinski definition) is 0. The van der Waals surface area contributed by atoms with Crippen molar-refractivity contribution in [2.75, 3.05) is 0 Å². The van der Waals surface area contributed by atoms with Crippen LogP contribution in [0, 0.1) is 0 Å². The second-order valence-corrected chi connectivity index (χ2v) is 6.95. The van der Waals surface area contributed by atoms with Gasteiger partial charge in [0.05, 0.1) is 15.3 Å². The van der Waals surface area contributed by atoms with Gasteiger partial charge in [-0.05, 0) is 29.8 Å². The lowest BCUT2D eigenvalue weighted by molar-refractivity contribution is 0.605. The van der Waals surface area contributed by atoms with Crippen LogP contribution in [0.4, 0.5) is 0 Å². The van der Waals surface area contributed by atoms with E-state index < -0.39 is 9.84 Å². The van der Waals surface area contributed by atoms with Gasteiger partial charge in [-0.1, -0.05) is 57.9 Å². The molecule has 0 unspecified atom stereocenters. The van der Waals surface area contributed by atoms with Crippen LogP contribution in [0.1, 0.15) is 5.56 Å². The average Bonchev–Trinajstić information content (AvgIpc) is 2.40. The molecule has 0 spiro atoms. The second-order valence-electron chi connectivity index (χ2n) is 3.83. The van der Waals surface area contributed by atoms with Crippen LogP contribution >= 0.6 is 27.5 Å². The SMILES string of the molecule is O=S(=O)(/C=C(/Cl)c1ccc(Br)cc1)c1ccccc1. The molecule has 0 heterocycles. The van der Waals surface area contributed by atoms with Gasteiger partial charge in [0.2, 0.25) is 9.84 Å². The second kappa shape index (κ2) is 5.90. The molecule has 19 heavy (non-hydrogen) atoms. The van der Waals surface area contributed by atoms with Crippen molar-refractivity contribution in [2.45, 2.75) is 4.90 Å². The summed E-state index contributed by atoms with van der Waals surface area (Å²) in [5, 5.41) is 1.27. The summed E-state index contributed by atoms with van der Waals surface area (Å²) in [7, 11) is -3.52. The van der Waals surface area contributed by atoms with Crippen LogP contribution in [-0.2, 0) is 9.84 Å². The van der Waals surface area contributed by atoms with Gasteiger partial charge in [-0.2, -0.15) is 0 Å². The minimum Gasteiger partial charge on any atom is -0.219 e. The molecule has 0 saturated heterocycles. The Balaban J connectivity index is 2.38. The van der Waals surface area contributed by atoms with E-state index in [0.717, 1.165) is 9.88 Å². The molecule has 0 aliphatic heterocycles. The lowest BCUT2D eigenvalue weighted by Gasteiger charge is -2.02. The summed E-state index contributed by atoms with van der Waals surface area (Å²) < 4.78 is 25.1. The highest BCUT2D eigenvalue weighted by Gasteiger charge is 2.12. The number of halogens is 2. The molecule has 5 heteroatoms. The molecular formula is C14H10BrClO2S. The molecule has 2 aromatic rings. The van der Waals surface area contributed by atoms with Crippen molar-refractivity contribution >= 4 is 42.4 Å². The molecule has 2 aromatic carbocycles. The molecule has 0 saturated carbocycles. The lowest BCUT2D eigenvalue weighted by Crippen LogP contribution is -1.96. The Morgan fingerprint density at radius 2 is 1.58 bits per heavy atom. The molecule has 0 aromatic heterocycles. The van der Waals surface area contributed by atoms with E-state index >= 15 is 0 Å². The first-order chi connectivity index (χ1) is 8.99. The van der Waals surface area contributed by atoms with Crippen molar-refractivity contribution < 1.29 is 8.42 Å². The molecule has 2 rings (SSSR count). The minimum absolute atomic E-state index is 0.191. The molecule has 0 amide bonds. The summed E-state index contributed by atoms with van der Waals surface area (Å²) in [6, 6.07) is 15.3. The van der Waals surface area contributed by atoms with E-state index in [1.807, 2.05) is 0 Å². The molecular weight excluding hydrogens is 348 g/mol.